The first-order valence-corrected chi connectivity index (χ1v) is 11.5. The van der Waals surface area contributed by atoms with Crippen LogP contribution in [0.2, 0.25) is 5.02 Å². The molecule has 0 radical (unpaired) electrons. The van der Waals surface area contributed by atoms with Crippen molar-refractivity contribution in [3.05, 3.63) is 89.3 Å². The van der Waals surface area contributed by atoms with Gasteiger partial charge in [0.05, 0.1) is 23.4 Å². The van der Waals surface area contributed by atoms with E-state index in [2.05, 4.69) is 10.4 Å². The minimum atomic E-state index is -0.513. The Hall–Kier alpha value is -3.38. The van der Waals surface area contributed by atoms with E-state index in [9.17, 15) is 9.18 Å². The van der Waals surface area contributed by atoms with E-state index in [0.29, 0.717) is 23.8 Å². The first-order valence-electron chi connectivity index (χ1n) is 11.1. The Kier molecular flexibility index (Phi) is 6.89. The number of halogens is 2. The fourth-order valence-electron chi connectivity index (χ4n) is 3.59. The molecule has 0 spiro atoms. The lowest BCUT2D eigenvalue weighted by atomic mass is 9.94. The fourth-order valence-corrected chi connectivity index (χ4v) is 3.80. The molecule has 1 atom stereocenters. The second-order valence-corrected chi connectivity index (χ2v) is 9.76. The van der Waals surface area contributed by atoms with Gasteiger partial charge in [-0.15, -0.1) is 0 Å². The van der Waals surface area contributed by atoms with Gasteiger partial charge in [-0.05, 0) is 66.6 Å². The van der Waals surface area contributed by atoms with Gasteiger partial charge in [0.15, 0.2) is 0 Å². The molecule has 0 aliphatic heterocycles. The smallest absolute Gasteiger partial charge is 0.225 e. The molecule has 0 unspecified atom stereocenters. The molecule has 4 aromatic rings. The predicted octanol–water partition coefficient (Wildman–Crippen LogP) is 5.97. The molecule has 176 valence electrons. The van der Waals surface area contributed by atoms with Gasteiger partial charge in [0.1, 0.15) is 18.2 Å². The van der Waals surface area contributed by atoms with Crippen LogP contribution in [0.5, 0.6) is 5.75 Å². The molecule has 7 heteroatoms. The molecular formula is C27H27ClFN3O2. The third-order valence-electron chi connectivity index (χ3n) is 5.45. The molecule has 4 rings (SSSR count). The summed E-state index contributed by atoms with van der Waals surface area (Å²) in [6.45, 7) is 5.94. The lowest BCUT2D eigenvalue weighted by Crippen LogP contribution is -2.45. The van der Waals surface area contributed by atoms with Gasteiger partial charge in [0.2, 0.25) is 5.91 Å². The molecule has 1 amide bonds. The summed E-state index contributed by atoms with van der Waals surface area (Å²) in [6, 6.07) is 19.2. The van der Waals surface area contributed by atoms with E-state index < -0.39 is 5.41 Å². The van der Waals surface area contributed by atoms with Crippen molar-refractivity contribution >= 4 is 28.4 Å². The Morgan fingerprint density at radius 2 is 1.88 bits per heavy atom. The van der Waals surface area contributed by atoms with E-state index >= 15 is 0 Å². The Morgan fingerprint density at radius 3 is 2.59 bits per heavy atom. The maximum Gasteiger partial charge on any atom is 0.225 e. The van der Waals surface area contributed by atoms with Crippen LogP contribution < -0.4 is 10.1 Å². The van der Waals surface area contributed by atoms with Crippen molar-refractivity contribution in [2.24, 2.45) is 5.41 Å². The minimum Gasteiger partial charge on any atom is -0.491 e. The monoisotopic (exact) mass is 479 g/mol. The highest BCUT2D eigenvalue weighted by molar-refractivity contribution is 6.30. The van der Waals surface area contributed by atoms with Crippen LogP contribution in [0.1, 0.15) is 26.3 Å². The lowest BCUT2D eigenvalue weighted by molar-refractivity contribution is -0.129. The highest BCUT2D eigenvalue weighted by Gasteiger charge is 2.24. The van der Waals surface area contributed by atoms with Gasteiger partial charge in [-0.25, -0.2) is 9.07 Å². The lowest BCUT2D eigenvalue weighted by Gasteiger charge is -2.25. The molecule has 0 bridgehead atoms. The summed E-state index contributed by atoms with van der Waals surface area (Å²) in [7, 11) is 0. The SMILES string of the molecule is CC(C)(C)C(=O)N[C@H](COc1ccc2c(cnn2-c2ccc(F)cc2)c1)Cc1cccc(Cl)c1. The van der Waals surface area contributed by atoms with Gasteiger partial charge in [0.25, 0.3) is 0 Å². The van der Waals surface area contributed by atoms with E-state index in [1.807, 2.05) is 63.2 Å². The third-order valence-corrected chi connectivity index (χ3v) is 5.68. The van der Waals surface area contributed by atoms with Crippen molar-refractivity contribution in [1.29, 1.82) is 0 Å². The Labute approximate surface area is 203 Å². The highest BCUT2D eigenvalue weighted by Crippen LogP contribution is 2.24. The first-order chi connectivity index (χ1) is 16.2. The molecular weight excluding hydrogens is 453 g/mol. The molecule has 1 aromatic heterocycles. The average Bonchev–Trinajstić information content (AvgIpc) is 3.20. The van der Waals surface area contributed by atoms with Gasteiger partial charge in [-0.2, -0.15) is 5.10 Å². The number of nitrogens with one attached hydrogen (secondary N) is 1. The second-order valence-electron chi connectivity index (χ2n) is 9.32. The van der Waals surface area contributed by atoms with Crippen molar-refractivity contribution in [3.63, 3.8) is 0 Å². The zero-order chi connectivity index (χ0) is 24.3. The van der Waals surface area contributed by atoms with Crippen LogP contribution in [0.3, 0.4) is 0 Å². The summed E-state index contributed by atoms with van der Waals surface area (Å²) in [5.41, 5.74) is 2.17. The number of hydrogen-bond donors (Lipinski definition) is 1. The summed E-state index contributed by atoms with van der Waals surface area (Å²) in [5.74, 6) is 0.341. The largest absolute Gasteiger partial charge is 0.491 e. The third kappa shape index (κ3) is 5.75. The number of aromatic nitrogens is 2. The maximum absolute atomic E-state index is 13.3. The van der Waals surface area contributed by atoms with Gasteiger partial charge in [-0.1, -0.05) is 44.5 Å². The summed E-state index contributed by atoms with van der Waals surface area (Å²) in [4.78, 5) is 12.6. The number of nitrogens with zero attached hydrogens (tertiary/aromatic N) is 2. The van der Waals surface area contributed by atoms with Crippen molar-refractivity contribution in [3.8, 4) is 11.4 Å². The van der Waals surface area contributed by atoms with Crippen molar-refractivity contribution in [2.75, 3.05) is 6.61 Å². The van der Waals surface area contributed by atoms with Gasteiger partial charge in [-0.3, -0.25) is 4.79 Å². The van der Waals surface area contributed by atoms with Crippen LogP contribution in [0.15, 0.2) is 72.9 Å². The van der Waals surface area contributed by atoms with Crippen LogP contribution in [0.25, 0.3) is 16.6 Å². The fraction of sp³-hybridized carbons (Fsp3) is 0.259. The van der Waals surface area contributed by atoms with Gasteiger partial charge >= 0.3 is 0 Å². The van der Waals surface area contributed by atoms with E-state index in [-0.39, 0.29) is 17.8 Å². The van der Waals surface area contributed by atoms with Gasteiger partial charge < -0.3 is 10.1 Å². The molecule has 0 aliphatic carbocycles. The second kappa shape index (κ2) is 9.85. The number of carbonyl (C=O) groups excluding carboxylic acids is 1. The summed E-state index contributed by atoms with van der Waals surface area (Å²) in [6.07, 6.45) is 2.34. The summed E-state index contributed by atoms with van der Waals surface area (Å²) >= 11 is 6.14. The Bertz CT molecular complexity index is 1300. The van der Waals surface area contributed by atoms with Crippen LogP contribution in [-0.4, -0.2) is 28.3 Å². The van der Waals surface area contributed by atoms with Crippen LogP contribution >= 0.6 is 11.6 Å². The molecule has 0 fully saturated rings. The maximum atomic E-state index is 13.3. The number of hydrogen-bond acceptors (Lipinski definition) is 3. The number of carbonyl (C=O) groups is 1. The molecule has 1 heterocycles. The Balaban J connectivity index is 1.51. The molecule has 3 aromatic carbocycles. The molecule has 34 heavy (non-hydrogen) atoms. The normalized spacial score (nSPS) is 12.5. The molecule has 0 saturated carbocycles. The van der Waals surface area contributed by atoms with E-state index in [1.165, 1.54) is 12.1 Å². The number of fused-ring (bicyclic) bond motifs is 1. The number of benzene rings is 3. The number of rotatable bonds is 7. The molecule has 0 aliphatic rings. The first kappa shape index (κ1) is 23.8. The summed E-state index contributed by atoms with van der Waals surface area (Å²) in [5, 5.41) is 9.09. The van der Waals surface area contributed by atoms with Crippen LogP contribution in [0.4, 0.5) is 4.39 Å². The zero-order valence-electron chi connectivity index (χ0n) is 19.4. The van der Waals surface area contributed by atoms with E-state index in [0.717, 1.165) is 22.2 Å². The van der Waals surface area contributed by atoms with Crippen LogP contribution in [0, 0.1) is 11.2 Å². The molecule has 1 N–H and O–H groups in total. The molecule has 5 nitrogen and oxygen atoms in total. The van der Waals surface area contributed by atoms with E-state index in [4.69, 9.17) is 16.3 Å². The minimum absolute atomic E-state index is 0.0424. The summed E-state index contributed by atoms with van der Waals surface area (Å²) < 4.78 is 21.1. The number of amides is 1. The molecule has 0 saturated heterocycles. The highest BCUT2D eigenvalue weighted by atomic mass is 35.5. The van der Waals surface area contributed by atoms with E-state index in [1.54, 1.807) is 23.0 Å². The zero-order valence-corrected chi connectivity index (χ0v) is 20.1. The van der Waals surface area contributed by atoms with Crippen LogP contribution in [-0.2, 0) is 11.2 Å². The van der Waals surface area contributed by atoms with Crippen molar-refractivity contribution in [2.45, 2.75) is 33.2 Å². The quantitative estimate of drug-likeness (QED) is 0.355. The van der Waals surface area contributed by atoms with Crippen molar-refractivity contribution in [1.82, 2.24) is 15.1 Å². The topological polar surface area (TPSA) is 56.1 Å². The standard InChI is InChI=1S/C27H27ClFN3O2/c1-27(2,3)26(33)31-22(14-18-5-4-6-20(28)13-18)17-34-24-11-12-25-19(15-24)16-30-32(25)23-9-7-21(29)8-10-23/h4-13,15-16,22H,14,17H2,1-3H3,(H,31,33)/t22-/m0/s1. The van der Waals surface area contributed by atoms with Crippen molar-refractivity contribution < 1.29 is 13.9 Å². The average molecular weight is 480 g/mol. The Morgan fingerprint density at radius 1 is 1.12 bits per heavy atom. The van der Waals surface area contributed by atoms with Gasteiger partial charge in [0, 0.05) is 15.8 Å². The predicted molar refractivity (Wildman–Crippen MR) is 133 cm³/mol. The number of ether oxygens (including phenoxy) is 1.